The minimum atomic E-state index is -2.96. The molecule has 4 rings (SSSR count). The van der Waals surface area contributed by atoms with Crippen molar-refractivity contribution in [2.75, 3.05) is 5.32 Å². The molecule has 1 saturated carbocycles. The molecule has 2 amide bonds. The number of alkyl halides is 2. The van der Waals surface area contributed by atoms with Crippen LogP contribution < -0.4 is 10.6 Å². The summed E-state index contributed by atoms with van der Waals surface area (Å²) in [5.74, 6) is -6.42. The highest BCUT2D eigenvalue weighted by Gasteiger charge is 2.58. The number of Topliss-reactive ketones (excluding diaryl/α,β-unsaturated/α-hetero) is 1. The number of hydrogen-bond donors (Lipinski definition) is 2. The van der Waals surface area contributed by atoms with Crippen molar-refractivity contribution in [3.05, 3.63) is 89.0 Å². The summed E-state index contributed by atoms with van der Waals surface area (Å²) in [6.07, 6.45) is 0.00837. The molecule has 3 aromatic rings. The zero-order valence-electron chi connectivity index (χ0n) is 18.4. The number of aryl methyl sites for hydroxylation is 1. The Balaban J connectivity index is 1.51. The van der Waals surface area contributed by atoms with Crippen molar-refractivity contribution in [2.45, 2.75) is 24.3 Å². The summed E-state index contributed by atoms with van der Waals surface area (Å²) >= 11 is 0. The van der Waals surface area contributed by atoms with Gasteiger partial charge in [-0.1, -0.05) is 30.3 Å². The van der Waals surface area contributed by atoms with Crippen LogP contribution in [-0.4, -0.2) is 28.1 Å². The van der Waals surface area contributed by atoms with Gasteiger partial charge in [-0.3, -0.25) is 14.4 Å². The average Bonchev–Trinajstić information content (AvgIpc) is 3.20. The summed E-state index contributed by atoms with van der Waals surface area (Å²) in [7, 11) is 1.48. The molecule has 2 N–H and O–H groups in total. The van der Waals surface area contributed by atoms with Crippen LogP contribution in [-0.2, 0) is 17.4 Å². The van der Waals surface area contributed by atoms with Crippen LogP contribution in [0.2, 0.25) is 0 Å². The van der Waals surface area contributed by atoms with Gasteiger partial charge >= 0.3 is 0 Å². The summed E-state index contributed by atoms with van der Waals surface area (Å²) in [6.45, 7) is 0. The molecule has 0 aliphatic heterocycles. The van der Waals surface area contributed by atoms with Crippen LogP contribution in [0.25, 0.3) is 0 Å². The quantitative estimate of drug-likeness (QED) is 0.412. The van der Waals surface area contributed by atoms with Crippen LogP contribution in [0.3, 0.4) is 0 Å². The zero-order chi connectivity index (χ0) is 25.4. The van der Waals surface area contributed by atoms with E-state index >= 15 is 0 Å². The lowest BCUT2D eigenvalue weighted by Crippen LogP contribution is -2.60. The van der Waals surface area contributed by atoms with Crippen LogP contribution in [0.1, 0.15) is 44.8 Å². The maximum atomic E-state index is 13.8. The van der Waals surface area contributed by atoms with Crippen LogP contribution in [0.15, 0.2) is 60.8 Å². The van der Waals surface area contributed by atoms with Gasteiger partial charge in [0.05, 0.1) is 11.1 Å². The molecule has 0 unspecified atom stereocenters. The Hall–Kier alpha value is -4.39. The highest BCUT2D eigenvalue weighted by atomic mass is 19.3. The second kappa shape index (κ2) is 8.76. The molecule has 0 spiro atoms. The number of anilines is 1. The fourth-order valence-electron chi connectivity index (χ4n) is 4.16. The number of halogens is 3. The Kier molecular flexibility index (Phi) is 5.94. The van der Waals surface area contributed by atoms with Gasteiger partial charge in [0, 0.05) is 37.3 Å². The summed E-state index contributed by atoms with van der Waals surface area (Å²) in [5.41, 5.74) is -1.09. The van der Waals surface area contributed by atoms with Crippen molar-refractivity contribution >= 4 is 23.3 Å². The maximum Gasteiger partial charge on any atom is 0.293 e. The summed E-state index contributed by atoms with van der Waals surface area (Å²) in [6, 6.07) is 14.6. The van der Waals surface area contributed by atoms with Crippen LogP contribution in [0, 0.1) is 17.1 Å². The first-order valence-electron chi connectivity index (χ1n) is 10.5. The monoisotopic (exact) mass is 480 g/mol. The molecule has 10 heteroatoms. The van der Waals surface area contributed by atoms with E-state index in [1.54, 1.807) is 36.4 Å². The van der Waals surface area contributed by atoms with E-state index in [2.05, 4.69) is 10.6 Å². The van der Waals surface area contributed by atoms with Gasteiger partial charge in [-0.05, 0) is 29.8 Å². The lowest BCUT2D eigenvalue weighted by Gasteiger charge is -2.48. The number of carbonyl (C=O) groups is 3. The molecule has 0 atom stereocenters. The first-order chi connectivity index (χ1) is 16.5. The van der Waals surface area contributed by atoms with E-state index in [0.717, 1.165) is 12.1 Å². The Labute approximate surface area is 198 Å². The molecule has 0 radical (unpaired) electrons. The molecule has 1 fully saturated rings. The van der Waals surface area contributed by atoms with E-state index in [1.165, 1.54) is 29.9 Å². The van der Waals surface area contributed by atoms with Crippen molar-refractivity contribution in [2.24, 2.45) is 7.05 Å². The van der Waals surface area contributed by atoms with E-state index in [1.807, 2.05) is 0 Å². The third-order valence-electron chi connectivity index (χ3n) is 5.85. The largest absolute Gasteiger partial charge is 0.346 e. The van der Waals surface area contributed by atoms with Gasteiger partial charge in [0.2, 0.25) is 0 Å². The van der Waals surface area contributed by atoms with Gasteiger partial charge in [0.15, 0.2) is 0 Å². The number of nitriles is 1. The van der Waals surface area contributed by atoms with Gasteiger partial charge < -0.3 is 15.2 Å². The number of benzene rings is 2. The predicted octanol–water partition coefficient (Wildman–Crippen LogP) is 3.91. The van der Waals surface area contributed by atoms with E-state index in [9.17, 15) is 27.6 Å². The minimum absolute atomic E-state index is 0.0110. The fraction of sp³-hybridized carbons (Fsp3) is 0.200. The van der Waals surface area contributed by atoms with E-state index < -0.39 is 47.7 Å². The van der Waals surface area contributed by atoms with Crippen molar-refractivity contribution in [1.29, 1.82) is 5.26 Å². The molecular formula is C25H19F3N4O3. The highest BCUT2D eigenvalue weighted by Crippen LogP contribution is 2.51. The number of rotatable bonds is 6. The third kappa shape index (κ3) is 4.66. The molecule has 1 heterocycles. The van der Waals surface area contributed by atoms with Crippen LogP contribution >= 0.6 is 0 Å². The first-order valence-corrected chi connectivity index (χ1v) is 10.5. The molecule has 7 nitrogen and oxygen atoms in total. The second-order valence-electron chi connectivity index (χ2n) is 8.43. The normalized spacial score (nSPS) is 15.4. The van der Waals surface area contributed by atoms with Crippen LogP contribution in [0.4, 0.5) is 18.9 Å². The number of aromatic nitrogens is 1. The summed E-state index contributed by atoms with van der Waals surface area (Å²) < 4.78 is 42.3. The summed E-state index contributed by atoms with van der Waals surface area (Å²) in [4.78, 5) is 38.2. The molecule has 178 valence electrons. The molecule has 35 heavy (non-hydrogen) atoms. The number of nitrogens with one attached hydrogen (secondary N) is 2. The topological polar surface area (TPSA) is 104 Å². The van der Waals surface area contributed by atoms with Gasteiger partial charge in [-0.2, -0.15) is 5.26 Å². The van der Waals surface area contributed by atoms with Crippen molar-refractivity contribution in [3.8, 4) is 6.07 Å². The Morgan fingerprint density at radius 2 is 1.74 bits per heavy atom. The number of nitrogens with zero attached hydrogens (tertiary/aromatic N) is 2. The summed E-state index contributed by atoms with van der Waals surface area (Å²) in [5, 5.41) is 13.9. The average molecular weight is 480 g/mol. The third-order valence-corrected chi connectivity index (χ3v) is 5.85. The zero-order valence-corrected chi connectivity index (χ0v) is 18.4. The lowest BCUT2D eigenvalue weighted by atomic mass is 9.69. The smallest absolute Gasteiger partial charge is 0.293 e. The minimum Gasteiger partial charge on any atom is -0.346 e. The Morgan fingerprint density at radius 3 is 2.37 bits per heavy atom. The second-order valence-corrected chi connectivity index (χ2v) is 8.43. The molecule has 1 aromatic heterocycles. The van der Waals surface area contributed by atoms with Gasteiger partial charge in [0.1, 0.15) is 17.6 Å². The van der Waals surface area contributed by atoms with Crippen molar-refractivity contribution < 1.29 is 27.6 Å². The van der Waals surface area contributed by atoms with Crippen LogP contribution in [0.5, 0.6) is 0 Å². The fourth-order valence-corrected chi connectivity index (χ4v) is 4.16. The van der Waals surface area contributed by atoms with E-state index in [-0.39, 0.29) is 22.5 Å². The van der Waals surface area contributed by atoms with Crippen molar-refractivity contribution in [1.82, 2.24) is 9.88 Å². The number of hydrogen-bond acceptors (Lipinski definition) is 4. The highest BCUT2D eigenvalue weighted by molar-refractivity contribution is 6.43. The van der Waals surface area contributed by atoms with Gasteiger partial charge in [-0.15, -0.1) is 0 Å². The molecule has 2 aromatic carbocycles. The molecule has 1 aliphatic rings. The van der Waals surface area contributed by atoms with Gasteiger partial charge in [-0.25, -0.2) is 13.2 Å². The Bertz CT molecular complexity index is 1370. The van der Waals surface area contributed by atoms with Crippen molar-refractivity contribution in [3.63, 3.8) is 0 Å². The number of amides is 2. The first kappa shape index (κ1) is 23.8. The predicted molar refractivity (Wildman–Crippen MR) is 119 cm³/mol. The number of carbonyl (C=O) groups excluding carboxylic acids is 3. The van der Waals surface area contributed by atoms with E-state index in [0.29, 0.717) is 5.56 Å². The van der Waals surface area contributed by atoms with Gasteiger partial charge in [0.25, 0.3) is 23.5 Å². The standard InChI is InChI=1S/C25H19F3N4O3/c1-32-12-16(10-20(32)22(34)30-18-7-8-19(26)15(9-18)11-29)21(33)23(35)31-24(13-25(27,28)14-24)17-5-3-2-4-6-17/h2-10,12H,13-14H2,1H3,(H,30,34)(H,31,35). The lowest BCUT2D eigenvalue weighted by molar-refractivity contribution is -0.147. The number of ketones is 1. The molecular weight excluding hydrogens is 461 g/mol. The molecule has 0 bridgehead atoms. The molecule has 0 saturated heterocycles. The Morgan fingerprint density at radius 1 is 1.06 bits per heavy atom. The molecule has 1 aliphatic carbocycles. The SMILES string of the molecule is Cn1cc(C(=O)C(=O)NC2(c3ccccc3)CC(F)(F)C2)cc1C(=O)Nc1ccc(F)c(C#N)c1. The van der Waals surface area contributed by atoms with E-state index in [4.69, 9.17) is 5.26 Å². The maximum absolute atomic E-state index is 13.8.